The van der Waals surface area contributed by atoms with Crippen molar-refractivity contribution in [3.63, 3.8) is 0 Å². The third-order valence-corrected chi connectivity index (χ3v) is 4.17. The van der Waals surface area contributed by atoms with Crippen molar-refractivity contribution in [1.82, 2.24) is 0 Å². The first kappa shape index (κ1) is 17.4. The van der Waals surface area contributed by atoms with E-state index in [0.717, 1.165) is 22.3 Å². The summed E-state index contributed by atoms with van der Waals surface area (Å²) in [6.07, 6.45) is 5.09. The van der Waals surface area contributed by atoms with Gasteiger partial charge in [0, 0.05) is 22.3 Å². The summed E-state index contributed by atoms with van der Waals surface area (Å²) in [7, 11) is 0. The van der Waals surface area contributed by atoms with Gasteiger partial charge < -0.3 is 11.1 Å². The molecule has 3 N–H and O–H groups in total. The van der Waals surface area contributed by atoms with Gasteiger partial charge in [-0.25, -0.2) is 0 Å². The monoisotopic (exact) mass is 356 g/mol. The maximum Gasteiger partial charge on any atom is 0.106 e. The SMILES string of the molecule is CCCCCC(C)(C)CNc1ccc(Br)cc1C(N)=S. The van der Waals surface area contributed by atoms with Gasteiger partial charge in [0.25, 0.3) is 0 Å². The van der Waals surface area contributed by atoms with E-state index < -0.39 is 0 Å². The van der Waals surface area contributed by atoms with Crippen LogP contribution in [0.4, 0.5) is 5.69 Å². The molecule has 0 aliphatic heterocycles. The molecule has 0 bridgehead atoms. The van der Waals surface area contributed by atoms with Crippen LogP contribution in [0.3, 0.4) is 0 Å². The number of hydrogen-bond acceptors (Lipinski definition) is 2. The molecule has 0 fully saturated rings. The van der Waals surface area contributed by atoms with Gasteiger partial charge in [0.05, 0.1) is 0 Å². The van der Waals surface area contributed by atoms with Crippen LogP contribution in [-0.4, -0.2) is 11.5 Å². The largest absolute Gasteiger partial charge is 0.389 e. The number of hydrogen-bond donors (Lipinski definition) is 2. The minimum absolute atomic E-state index is 0.274. The van der Waals surface area contributed by atoms with Crippen molar-refractivity contribution < 1.29 is 0 Å². The molecule has 0 atom stereocenters. The number of nitrogens with two attached hydrogens (primary N) is 1. The number of anilines is 1. The van der Waals surface area contributed by atoms with E-state index >= 15 is 0 Å². The molecule has 0 unspecified atom stereocenters. The lowest BCUT2D eigenvalue weighted by molar-refractivity contribution is 0.342. The molecule has 0 saturated carbocycles. The second kappa shape index (κ2) is 7.99. The molecule has 20 heavy (non-hydrogen) atoms. The number of rotatable bonds is 8. The zero-order valence-electron chi connectivity index (χ0n) is 12.6. The normalized spacial score (nSPS) is 11.4. The van der Waals surface area contributed by atoms with Crippen LogP contribution in [0.5, 0.6) is 0 Å². The zero-order chi connectivity index (χ0) is 15.2. The van der Waals surface area contributed by atoms with Gasteiger partial charge in [-0.1, -0.05) is 68.2 Å². The molecule has 1 aromatic carbocycles. The number of unbranched alkanes of at least 4 members (excludes halogenated alkanes) is 2. The quantitative estimate of drug-likeness (QED) is 0.502. The number of nitrogens with one attached hydrogen (secondary N) is 1. The fourth-order valence-corrected chi connectivity index (χ4v) is 2.68. The summed E-state index contributed by atoms with van der Waals surface area (Å²) < 4.78 is 0.994. The van der Waals surface area contributed by atoms with Crippen LogP contribution in [0, 0.1) is 5.41 Å². The average Bonchev–Trinajstić information content (AvgIpc) is 2.37. The maximum absolute atomic E-state index is 5.79. The van der Waals surface area contributed by atoms with Gasteiger partial charge in [-0.15, -0.1) is 0 Å². The third kappa shape index (κ3) is 5.80. The zero-order valence-corrected chi connectivity index (χ0v) is 15.0. The molecule has 0 radical (unpaired) electrons. The molecule has 0 aromatic heterocycles. The Morgan fingerprint density at radius 2 is 2.05 bits per heavy atom. The van der Waals surface area contributed by atoms with E-state index in [1.807, 2.05) is 18.2 Å². The van der Waals surface area contributed by atoms with E-state index in [2.05, 4.69) is 42.0 Å². The summed E-state index contributed by atoms with van der Waals surface area (Å²) in [4.78, 5) is 0.428. The van der Waals surface area contributed by atoms with Crippen LogP contribution in [0.25, 0.3) is 0 Å². The van der Waals surface area contributed by atoms with Crippen molar-refractivity contribution >= 4 is 38.8 Å². The summed E-state index contributed by atoms with van der Waals surface area (Å²) in [5.41, 5.74) is 7.98. The first-order chi connectivity index (χ1) is 9.35. The molecule has 4 heteroatoms. The van der Waals surface area contributed by atoms with Crippen LogP contribution in [0.15, 0.2) is 22.7 Å². The lowest BCUT2D eigenvalue weighted by Crippen LogP contribution is -2.24. The Balaban J connectivity index is 2.67. The molecule has 0 saturated heterocycles. The highest BCUT2D eigenvalue weighted by Crippen LogP contribution is 2.26. The minimum atomic E-state index is 0.274. The van der Waals surface area contributed by atoms with Crippen molar-refractivity contribution in [2.75, 3.05) is 11.9 Å². The molecular weight excluding hydrogens is 332 g/mol. The molecule has 0 aliphatic rings. The Morgan fingerprint density at radius 1 is 1.35 bits per heavy atom. The van der Waals surface area contributed by atoms with Gasteiger partial charge >= 0.3 is 0 Å². The first-order valence-electron chi connectivity index (χ1n) is 7.19. The molecular formula is C16H25BrN2S. The summed E-state index contributed by atoms with van der Waals surface area (Å²) in [5, 5.41) is 3.50. The summed E-state index contributed by atoms with van der Waals surface area (Å²) in [5.74, 6) is 0. The Hall–Kier alpha value is -0.610. The van der Waals surface area contributed by atoms with Crippen molar-refractivity contribution in [2.45, 2.75) is 46.5 Å². The fraction of sp³-hybridized carbons (Fsp3) is 0.562. The predicted molar refractivity (Wildman–Crippen MR) is 96.4 cm³/mol. The minimum Gasteiger partial charge on any atom is -0.389 e. The van der Waals surface area contributed by atoms with E-state index in [-0.39, 0.29) is 5.41 Å². The van der Waals surface area contributed by atoms with E-state index in [9.17, 15) is 0 Å². The van der Waals surface area contributed by atoms with Crippen LogP contribution in [0.2, 0.25) is 0 Å². The van der Waals surface area contributed by atoms with Crippen LogP contribution in [0.1, 0.15) is 52.0 Å². The van der Waals surface area contributed by atoms with Gasteiger partial charge in [0.2, 0.25) is 0 Å². The molecule has 1 aromatic rings. The van der Waals surface area contributed by atoms with Gasteiger partial charge in [-0.3, -0.25) is 0 Å². The molecule has 2 nitrogen and oxygen atoms in total. The van der Waals surface area contributed by atoms with Crippen molar-refractivity contribution in [3.05, 3.63) is 28.2 Å². The van der Waals surface area contributed by atoms with Crippen LogP contribution >= 0.6 is 28.1 Å². The number of halogens is 1. The second-order valence-electron chi connectivity index (χ2n) is 6.03. The Bertz CT molecular complexity index is 458. The highest BCUT2D eigenvalue weighted by Gasteiger charge is 2.18. The van der Waals surface area contributed by atoms with Crippen molar-refractivity contribution in [2.24, 2.45) is 11.1 Å². The summed E-state index contributed by atoms with van der Waals surface area (Å²) >= 11 is 8.57. The highest BCUT2D eigenvalue weighted by atomic mass is 79.9. The molecule has 0 amide bonds. The summed E-state index contributed by atoms with van der Waals surface area (Å²) in [6.45, 7) is 7.76. The van der Waals surface area contributed by atoms with E-state index in [4.69, 9.17) is 18.0 Å². The Kier molecular flexibility index (Phi) is 6.96. The van der Waals surface area contributed by atoms with Gasteiger partial charge in [-0.2, -0.15) is 0 Å². The lowest BCUT2D eigenvalue weighted by atomic mass is 9.86. The summed E-state index contributed by atoms with van der Waals surface area (Å²) in [6, 6.07) is 6.00. The van der Waals surface area contributed by atoms with Gasteiger partial charge in [0.1, 0.15) is 4.99 Å². The molecule has 0 heterocycles. The Labute approximate surface area is 136 Å². The van der Waals surface area contributed by atoms with Gasteiger partial charge in [-0.05, 0) is 30.0 Å². The molecule has 112 valence electrons. The topological polar surface area (TPSA) is 38.0 Å². The maximum atomic E-state index is 5.79. The molecule has 0 spiro atoms. The van der Waals surface area contributed by atoms with E-state index in [0.29, 0.717) is 4.99 Å². The van der Waals surface area contributed by atoms with Crippen molar-refractivity contribution in [3.8, 4) is 0 Å². The molecule has 1 rings (SSSR count). The second-order valence-corrected chi connectivity index (χ2v) is 7.38. The average molecular weight is 357 g/mol. The highest BCUT2D eigenvalue weighted by molar-refractivity contribution is 9.10. The lowest BCUT2D eigenvalue weighted by Gasteiger charge is -2.26. The smallest absolute Gasteiger partial charge is 0.106 e. The van der Waals surface area contributed by atoms with Crippen LogP contribution in [-0.2, 0) is 0 Å². The third-order valence-electron chi connectivity index (χ3n) is 3.46. The fourth-order valence-electron chi connectivity index (χ4n) is 2.15. The number of benzene rings is 1. The first-order valence-corrected chi connectivity index (χ1v) is 8.39. The number of thiocarbonyl (C=S) groups is 1. The van der Waals surface area contributed by atoms with E-state index in [1.165, 1.54) is 25.7 Å². The van der Waals surface area contributed by atoms with Crippen LogP contribution < -0.4 is 11.1 Å². The Morgan fingerprint density at radius 3 is 2.65 bits per heavy atom. The van der Waals surface area contributed by atoms with E-state index in [1.54, 1.807) is 0 Å². The predicted octanol–water partition coefficient (Wildman–Crippen LogP) is 5.10. The van der Waals surface area contributed by atoms with Gasteiger partial charge in [0.15, 0.2) is 0 Å². The molecule has 0 aliphatic carbocycles. The standard InChI is InChI=1S/C16H25BrN2S/c1-4-5-6-9-16(2,3)11-19-14-8-7-12(17)10-13(14)15(18)20/h7-8,10,19H,4-6,9,11H2,1-3H3,(H2,18,20). The van der Waals surface area contributed by atoms with Crippen molar-refractivity contribution in [1.29, 1.82) is 0 Å².